The average molecular weight is 408 g/mol. The summed E-state index contributed by atoms with van der Waals surface area (Å²) in [6.45, 7) is 3.81. The molecule has 3 rings (SSSR count). The van der Waals surface area contributed by atoms with Crippen LogP contribution in [0.15, 0.2) is 53.1 Å². The van der Waals surface area contributed by atoms with Crippen LogP contribution in [0.5, 0.6) is 5.75 Å². The summed E-state index contributed by atoms with van der Waals surface area (Å²) < 4.78 is 10.8. The molecule has 3 aromatic rings. The fourth-order valence-corrected chi connectivity index (χ4v) is 2.81. The van der Waals surface area contributed by atoms with Gasteiger partial charge in [-0.15, -0.1) is 0 Å². The number of benzene rings is 2. The molecule has 0 aliphatic carbocycles. The van der Waals surface area contributed by atoms with E-state index in [0.717, 1.165) is 11.3 Å². The lowest BCUT2D eigenvalue weighted by Gasteiger charge is -2.13. The molecule has 0 spiro atoms. The molecule has 0 saturated heterocycles. The highest BCUT2D eigenvalue weighted by Crippen LogP contribution is 2.27. The number of rotatable bonds is 7. The van der Waals surface area contributed by atoms with E-state index in [0.29, 0.717) is 36.0 Å². The summed E-state index contributed by atoms with van der Waals surface area (Å²) in [4.78, 5) is 27.9. The number of urea groups is 1. The number of nitrogens with one attached hydrogen (secondary N) is 3. The quantitative estimate of drug-likeness (QED) is 0.548. The van der Waals surface area contributed by atoms with Gasteiger partial charge in [-0.05, 0) is 37.3 Å². The second kappa shape index (κ2) is 9.60. The van der Waals surface area contributed by atoms with Crippen molar-refractivity contribution in [2.24, 2.45) is 0 Å². The molecule has 156 valence electrons. The number of carbonyl (C=O) groups excluding carboxylic acids is 2. The largest absolute Gasteiger partial charge is 0.495 e. The average Bonchev–Trinajstić information content (AvgIpc) is 3.17. The molecule has 8 nitrogen and oxygen atoms in total. The number of hydrogen-bond acceptors (Lipinski definition) is 5. The standard InChI is InChI=1S/C22H24N4O4/c1-14-4-6-16(7-5-14)21-25-18(13-30-21)10-11-23-22(28)26-19-12-17(24-15(2)27)8-9-20(19)29-3/h4-9,12-13H,10-11H2,1-3H3,(H,24,27)(H2,23,26,28). The number of aromatic nitrogens is 1. The first-order chi connectivity index (χ1) is 14.4. The zero-order valence-corrected chi connectivity index (χ0v) is 17.1. The van der Waals surface area contributed by atoms with Gasteiger partial charge in [-0.2, -0.15) is 0 Å². The maximum absolute atomic E-state index is 12.3. The SMILES string of the molecule is COc1ccc(NC(C)=O)cc1NC(=O)NCCc1coc(-c2ccc(C)cc2)n1. The molecular formula is C22H24N4O4. The Hall–Kier alpha value is -3.81. The molecule has 0 radical (unpaired) electrons. The highest BCUT2D eigenvalue weighted by atomic mass is 16.5. The molecule has 1 heterocycles. The summed E-state index contributed by atoms with van der Waals surface area (Å²) in [5.41, 5.74) is 3.83. The van der Waals surface area contributed by atoms with Gasteiger partial charge in [0.25, 0.3) is 0 Å². The van der Waals surface area contributed by atoms with Gasteiger partial charge in [-0.1, -0.05) is 17.7 Å². The van der Waals surface area contributed by atoms with Gasteiger partial charge in [0.1, 0.15) is 12.0 Å². The summed E-state index contributed by atoms with van der Waals surface area (Å²) in [5, 5.41) is 8.17. The molecule has 0 atom stereocenters. The zero-order valence-electron chi connectivity index (χ0n) is 17.1. The van der Waals surface area contributed by atoms with E-state index in [4.69, 9.17) is 9.15 Å². The normalized spacial score (nSPS) is 10.4. The Morgan fingerprint density at radius 1 is 1.10 bits per heavy atom. The molecule has 2 aromatic carbocycles. The van der Waals surface area contributed by atoms with Crippen LogP contribution < -0.4 is 20.7 Å². The summed E-state index contributed by atoms with van der Waals surface area (Å²) in [6, 6.07) is 12.5. The lowest BCUT2D eigenvalue weighted by Crippen LogP contribution is -2.30. The fraction of sp³-hybridized carbons (Fsp3) is 0.227. The number of methoxy groups -OCH3 is 1. The summed E-state index contributed by atoms with van der Waals surface area (Å²) in [5.74, 6) is 0.834. The Labute approximate surface area is 174 Å². The Bertz CT molecular complexity index is 1030. The van der Waals surface area contributed by atoms with Crippen LogP contribution in [0.4, 0.5) is 16.2 Å². The molecule has 0 saturated carbocycles. The molecular weight excluding hydrogens is 384 g/mol. The van der Waals surface area contributed by atoms with E-state index in [2.05, 4.69) is 20.9 Å². The highest BCUT2D eigenvalue weighted by Gasteiger charge is 2.10. The summed E-state index contributed by atoms with van der Waals surface area (Å²) in [7, 11) is 1.51. The van der Waals surface area contributed by atoms with Gasteiger partial charge in [0.05, 0.1) is 18.5 Å². The van der Waals surface area contributed by atoms with Crippen molar-refractivity contribution in [3.63, 3.8) is 0 Å². The predicted octanol–water partition coefficient (Wildman–Crippen LogP) is 3.98. The van der Waals surface area contributed by atoms with Crippen LogP contribution in [0.2, 0.25) is 0 Å². The maximum atomic E-state index is 12.3. The number of hydrogen-bond donors (Lipinski definition) is 3. The summed E-state index contributed by atoms with van der Waals surface area (Å²) in [6.07, 6.45) is 2.11. The second-order valence-corrected chi connectivity index (χ2v) is 6.74. The Morgan fingerprint density at radius 3 is 2.57 bits per heavy atom. The minimum absolute atomic E-state index is 0.201. The minimum atomic E-state index is -0.393. The van der Waals surface area contributed by atoms with Gasteiger partial charge in [0, 0.05) is 31.1 Å². The zero-order chi connectivity index (χ0) is 21.5. The second-order valence-electron chi connectivity index (χ2n) is 6.74. The van der Waals surface area contributed by atoms with Gasteiger partial charge in [0.2, 0.25) is 11.8 Å². The lowest BCUT2D eigenvalue weighted by molar-refractivity contribution is -0.114. The van der Waals surface area contributed by atoms with E-state index in [1.807, 2.05) is 31.2 Å². The van der Waals surface area contributed by atoms with Crippen LogP contribution in [0, 0.1) is 6.92 Å². The molecule has 0 bridgehead atoms. The van der Waals surface area contributed by atoms with Gasteiger partial charge in [-0.3, -0.25) is 4.79 Å². The number of aryl methyl sites for hydroxylation is 1. The first-order valence-corrected chi connectivity index (χ1v) is 9.46. The van der Waals surface area contributed by atoms with Crippen LogP contribution in [-0.4, -0.2) is 30.6 Å². The Balaban J connectivity index is 1.54. The molecule has 0 aliphatic heterocycles. The van der Waals surface area contributed by atoms with Crippen molar-refractivity contribution in [2.45, 2.75) is 20.3 Å². The van der Waals surface area contributed by atoms with Crippen LogP contribution in [0.1, 0.15) is 18.2 Å². The van der Waals surface area contributed by atoms with E-state index in [-0.39, 0.29) is 5.91 Å². The number of carbonyl (C=O) groups is 2. The van der Waals surface area contributed by atoms with Crippen molar-refractivity contribution in [1.29, 1.82) is 0 Å². The third kappa shape index (κ3) is 5.60. The maximum Gasteiger partial charge on any atom is 0.319 e. The van der Waals surface area contributed by atoms with Gasteiger partial charge in [0.15, 0.2) is 0 Å². The van der Waals surface area contributed by atoms with E-state index in [1.165, 1.54) is 19.6 Å². The van der Waals surface area contributed by atoms with Gasteiger partial charge in [-0.25, -0.2) is 9.78 Å². The Morgan fingerprint density at radius 2 is 1.87 bits per heavy atom. The molecule has 0 aliphatic rings. The van der Waals surface area contributed by atoms with E-state index >= 15 is 0 Å². The number of ether oxygens (including phenoxy) is 1. The molecule has 8 heteroatoms. The third-order valence-corrected chi connectivity index (χ3v) is 4.29. The minimum Gasteiger partial charge on any atom is -0.495 e. The smallest absolute Gasteiger partial charge is 0.319 e. The number of anilines is 2. The van der Waals surface area contributed by atoms with Gasteiger partial charge >= 0.3 is 6.03 Å². The molecule has 3 N–H and O–H groups in total. The first-order valence-electron chi connectivity index (χ1n) is 9.46. The van der Waals surface area contributed by atoms with Crippen LogP contribution in [-0.2, 0) is 11.2 Å². The van der Waals surface area contributed by atoms with Crippen molar-refractivity contribution in [1.82, 2.24) is 10.3 Å². The molecule has 0 fully saturated rings. The number of oxazole rings is 1. The van der Waals surface area contributed by atoms with E-state index in [1.54, 1.807) is 24.5 Å². The molecule has 0 unspecified atom stereocenters. The molecule has 30 heavy (non-hydrogen) atoms. The third-order valence-electron chi connectivity index (χ3n) is 4.29. The highest BCUT2D eigenvalue weighted by molar-refractivity contribution is 5.94. The van der Waals surface area contributed by atoms with Crippen molar-refractivity contribution < 1.29 is 18.7 Å². The number of nitrogens with zero attached hydrogens (tertiary/aromatic N) is 1. The van der Waals surface area contributed by atoms with Crippen molar-refractivity contribution in [3.05, 3.63) is 60.0 Å². The number of amides is 3. The summed E-state index contributed by atoms with van der Waals surface area (Å²) >= 11 is 0. The first kappa shape index (κ1) is 20.9. The topological polar surface area (TPSA) is 105 Å². The van der Waals surface area contributed by atoms with Gasteiger partial charge < -0.3 is 25.1 Å². The fourth-order valence-electron chi connectivity index (χ4n) is 2.81. The van der Waals surface area contributed by atoms with E-state index < -0.39 is 6.03 Å². The predicted molar refractivity (Wildman–Crippen MR) is 115 cm³/mol. The molecule has 1 aromatic heterocycles. The van der Waals surface area contributed by atoms with Crippen LogP contribution in [0.3, 0.4) is 0 Å². The van der Waals surface area contributed by atoms with Crippen molar-refractivity contribution in [3.8, 4) is 17.2 Å². The van der Waals surface area contributed by atoms with Crippen LogP contribution in [0.25, 0.3) is 11.5 Å². The van der Waals surface area contributed by atoms with E-state index in [9.17, 15) is 9.59 Å². The molecule has 3 amide bonds. The lowest BCUT2D eigenvalue weighted by atomic mass is 10.1. The van der Waals surface area contributed by atoms with Crippen molar-refractivity contribution in [2.75, 3.05) is 24.3 Å². The monoisotopic (exact) mass is 408 g/mol. The Kier molecular flexibility index (Phi) is 6.69. The van der Waals surface area contributed by atoms with Crippen LogP contribution >= 0.6 is 0 Å². The van der Waals surface area contributed by atoms with Crippen molar-refractivity contribution >= 4 is 23.3 Å².